The average molecular weight is 394 g/mol. The molecule has 2 nitrogen and oxygen atoms in total. The van der Waals surface area contributed by atoms with Crippen LogP contribution in [-0.4, -0.2) is 13.1 Å². The standard InChI is InChI=1S/C26H49O2/c1-4-25(2)23-21-19-17-15-13-11-9-7-5-6-8-10-12-14-16-18-20-22-24-26(27)28-3/h5-24H2,1-3H3/q-1. The Morgan fingerprint density at radius 1 is 0.571 bits per heavy atom. The van der Waals surface area contributed by atoms with Gasteiger partial charge in [-0.15, -0.1) is 0 Å². The SMILES string of the molecule is C[C-]=C(C)CCCCCCCCCCCCCCCCCCCCC(=O)OC. The Bertz CT molecular complexity index is 359. The molecule has 166 valence electrons. The third-order valence-electron chi connectivity index (χ3n) is 5.84. The summed E-state index contributed by atoms with van der Waals surface area (Å²) in [6, 6.07) is 0. The van der Waals surface area contributed by atoms with Gasteiger partial charge in [0.25, 0.3) is 0 Å². The lowest BCUT2D eigenvalue weighted by Gasteiger charge is -2.08. The van der Waals surface area contributed by atoms with Crippen LogP contribution in [0.1, 0.15) is 142 Å². The third-order valence-corrected chi connectivity index (χ3v) is 5.84. The number of unbranched alkanes of at least 4 members (excludes halogenated alkanes) is 17. The maximum Gasteiger partial charge on any atom is 0.305 e. The van der Waals surface area contributed by atoms with Crippen LogP contribution in [0.2, 0.25) is 0 Å². The molecule has 0 N–H and O–H groups in total. The van der Waals surface area contributed by atoms with Gasteiger partial charge in [0.1, 0.15) is 0 Å². The lowest BCUT2D eigenvalue weighted by molar-refractivity contribution is -0.140. The summed E-state index contributed by atoms with van der Waals surface area (Å²) in [4.78, 5) is 11.0. The number of allylic oxidation sites excluding steroid dienone is 2. The van der Waals surface area contributed by atoms with Crippen molar-refractivity contribution in [2.24, 2.45) is 0 Å². The lowest BCUT2D eigenvalue weighted by atomic mass is 10.0. The summed E-state index contributed by atoms with van der Waals surface area (Å²) < 4.78 is 4.66. The number of methoxy groups -OCH3 is 1. The Morgan fingerprint density at radius 2 is 0.857 bits per heavy atom. The molecule has 0 saturated carbocycles. The van der Waals surface area contributed by atoms with Crippen LogP contribution in [0.3, 0.4) is 0 Å². The number of hydrogen-bond acceptors (Lipinski definition) is 2. The van der Waals surface area contributed by atoms with E-state index < -0.39 is 0 Å². The van der Waals surface area contributed by atoms with Gasteiger partial charge in [-0.2, -0.15) is 6.92 Å². The molecule has 0 aromatic heterocycles. The first-order valence-corrected chi connectivity index (χ1v) is 12.3. The first-order valence-electron chi connectivity index (χ1n) is 12.3. The minimum absolute atomic E-state index is 0.0651. The zero-order chi connectivity index (χ0) is 20.7. The largest absolute Gasteiger partial charge is 0.501 e. The molecule has 0 aromatic carbocycles. The zero-order valence-corrected chi connectivity index (χ0v) is 19.5. The molecule has 0 radical (unpaired) electrons. The van der Waals surface area contributed by atoms with Crippen LogP contribution in [-0.2, 0) is 9.53 Å². The van der Waals surface area contributed by atoms with Crippen LogP contribution in [0.5, 0.6) is 0 Å². The number of carbonyl (C=O) groups is 1. The molecule has 0 spiro atoms. The van der Waals surface area contributed by atoms with Gasteiger partial charge in [0, 0.05) is 6.42 Å². The summed E-state index contributed by atoms with van der Waals surface area (Å²) in [5.41, 5.74) is 1.42. The van der Waals surface area contributed by atoms with E-state index in [4.69, 9.17) is 0 Å². The Balaban J connectivity index is 3.06. The van der Waals surface area contributed by atoms with Crippen LogP contribution in [0.4, 0.5) is 0 Å². The average Bonchev–Trinajstić information content (AvgIpc) is 2.71. The van der Waals surface area contributed by atoms with E-state index in [1.807, 2.05) is 6.92 Å². The molecule has 0 aliphatic heterocycles. The van der Waals surface area contributed by atoms with Crippen molar-refractivity contribution in [3.63, 3.8) is 0 Å². The van der Waals surface area contributed by atoms with Gasteiger partial charge in [0.05, 0.1) is 7.11 Å². The van der Waals surface area contributed by atoms with Crippen LogP contribution < -0.4 is 0 Å². The van der Waals surface area contributed by atoms with Gasteiger partial charge >= 0.3 is 5.97 Å². The monoisotopic (exact) mass is 393 g/mol. The van der Waals surface area contributed by atoms with E-state index >= 15 is 0 Å². The van der Waals surface area contributed by atoms with Crippen molar-refractivity contribution in [2.75, 3.05) is 7.11 Å². The molecule has 0 heterocycles. The second-order valence-electron chi connectivity index (χ2n) is 8.47. The summed E-state index contributed by atoms with van der Waals surface area (Å²) in [6.07, 6.45) is 29.6. The van der Waals surface area contributed by atoms with Gasteiger partial charge < -0.3 is 10.8 Å². The molecular formula is C26H49O2-. The van der Waals surface area contributed by atoms with E-state index in [0.29, 0.717) is 6.42 Å². The Morgan fingerprint density at radius 3 is 1.14 bits per heavy atom. The molecule has 0 aliphatic carbocycles. The normalized spacial score (nSPS) is 11.8. The Hall–Kier alpha value is -0.790. The van der Waals surface area contributed by atoms with Crippen LogP contribution in [0.25, 0.3) is 0 Å². The van der Waals surface area contributed by atoms with E-state index in [9.17, 15) is 4.79 Å². The van der Waals surface area contributed by atoms with Gasteiger partial charge in [-0.05, 0) is 6.42 Å². The summed E-state index contributed by atoms with van der Waals surface area (Å²) >= 11 is 0. The molecule has 0 saturated heterocycles. The number of esters is 1. The van der Waals surface area contributed by atoms with Crippen molar-refractivity contribution in [1.82, 2.24) is 0 Å². The van der Waals surface area contributed by atoms with E-state index in [1.165, 1.54) is 128 Å². The van der Waals surface area contributed by atoms with Crippen LogP contribution >= 0.6 is 0 Å². The minimum Gasteiger partial charge on any atom is -0.501 e. The summed E-state index contributed by atoms with van der Waals surface area (Å²) in [6.45, 7) is 4.22. The van der Waals surface area contributed by atoms with Gasteiger partial charge in [-0.1, -0.05) is 122 Å². The molecule has 0 unspecified atom stereocenters. The fourth-order valence-corrected chi connectivity index (χ4v) is 3.71. The topological polar surface area (TPSA) is 26.3 Å². The van der Waals surface area contributed by atoms with Crippen molar-refractivity contribution in [1.29, 1.82) is 0 Å². The quantitative estimate of drug-likeness (QED) is 0.111. The maximum absolute atomic E-state index is 11.0. The van der Waals surface area contributed by atoms with Gasteiger partial charge in [-0.25, -0.2) is 0 Å². The number of rotatable bonds is 21. The van der Waals surface area contributed by atoms with Crippen molar-refractivity contribution >= 4 is 5.97 Å². The van der Waals surface area contributed by atoms with Crippen LogP contribution in [0.15, 0.2) is 5.57 Å². The molecule has 0 aliphatic rings. The van der Waals surface area contributed by atoms with Crippen molar-refractivity contribution in [2.45, 2.75) is 142 Å². The maximum atomic E-state index is 11.0. The van der Waals surface area contributed by atoms with Crippen molar-refractivity contribution in [3.8, 4) is 0 Å². The van der Waals surface area contributed by atoms with Gasteiger partial charge in [0.2, 0.25) is 0 Å². The van der Waals surface area contributed by atoms with Crippen molar-refractivity contribution in [3.05, 3.63) is 11.6 Å². The number of carbonyl (C=O) groups excluding carboxylic acids is 1. The molecule has 0 aromatic rings. The minimum atomic E-state index is -0.0651. The number of hydrogen-bond donors (Lipinski definition) is 0. The van der Waals surface area contributed by atoms with E-state index in [1.54, 1.807) is 0 Å². The predicted molar refractivity (Wildman–Crippen MR) is 122 cm³/mol. The molecule has 0 atom stereocenters. The molecule has 2 heteroatoms. The second-order valence-corrected chi connectivity index (χ2v) is 8.47. The third kappa shape index (κ3) is 21.5. The Kier molecular flexibility index (Phi) is 21.9. The van der Waals surface area contributed by atoms with Gasteiger partial charge in [-0.3, -0.25) is 10.4 Å². The van der Waals surface area contributed by atoms with E-state index in [2.05, 4.69) is 17.7 Å². The summed E-state index contributed by atoms with van der Waals surface area (Å²) in [7, 11) is 1.47. The predicted octanol–water partition coefficient (Wildman–Crippen LogP) is 8.73. The second kappa shape index (κ2) is 22.5. The van der Waals surface area contributed by atoms with Crippen molar-refractivity contribution < 1.29 is 9.53 Å². The lowest BCUT2D eigenvalue weighted by Crippen LogP contribution is -1.99. The zero-order valence-electron chi connectivity index (χ0n) is 19.5. The van der Waals surface area contributed by atoms with Gasteiger partial charge in [0.15, 0.2) is 0 Å². The number of ether oxygens (including phenoxy) is 1. The molecule has 0 fully saturated rings. The molecular weight excluding hydrogens is 344 g/mol. The van der Waals surface area contributed by atoms with E-state index in [-0.39, 0.29) is 5.97 Å². The highest BCUT2D eigenvalue weighted by Crippen LogP contribution is 2.15. The molecule has 0 amide bonds. The molecule has 0 rings (SSSR count). The highest BCUT2D eigenvalue weighted by atomic mass is 16.5. The fourth-order valence-electron chi connectivity index (χ4n) is 3.71. The highest BCUT2D eigenvalue weighted by molar-refractivity contribution is 5.68. The Labute approximate surface area is 176 Å². The molecule has 28 heavy (non-hydrogen) atoms. The highest BCUT2D eigenvalue weighted by Gasteiger charge is 1.99. The summed E-state index contributed by atoms with van der Waals surface area (Å²) in [5, 5.41) is 0. The first-order chi connectivity index (χ1) is 13.7. The first kappa shape index (κ1) is 27.2. The molecule has 0 bridgehead atoms. The fraction of sp³-hybridized carbons (Fsp3) is 0.885. The smallest absolute Gasteiger partial charge is 0.305 e. The van der Waals surface area contributed by atoms with Crippen LogP contribution in [0, 0.1) is 6.08 Å². The summed E-state index contributed by atoms with van der Waals surface area (Å²) in [5.74, 6) is -0.0651. The van der Waals surface area contributed by atoms with E-state index in [0.717, 1.165) is 6.42 Å².